The quantitative estimate of drug-likeness (QED) is 0.791. The maximum absolute atomic E-state index is 13.5. The fourth-order valence-electron chi connectivity index (χ4n) is 1.27. The Morgan fingerprint density at radius 2 is 1.93 bits per heavy atom. The number of benzene rings is 1. The average Bonchev–Trinajstić information content (AvgIpc) is 2.23. The Morgan fingerprint density at radius 3 is 2.40 bits per heavy atom. The van der Waals surface area contributed by atoms with Crippen molar-refractivity contribution in [3.63, 3.8) is 0 Å². The molecular weight excluding hydrogens is 209 g/mol. The number of aliphatic hydroxyl groups excluding tert-OH is 1. The molecule has 1 aromatic carbocycles. The van der Waals surface area contributed by atoms with Gasteiger partial charge >= 0.3 is 0 Å². The van der Waals surface area contributed by atoms with E-state index in [1.54, 1.807) is 0 Å². The Labute approximate surface area is 85.3 Å². The first-order chi connectivity index (χ1) is 7.02. The van der Waals surface area contributed by atoms with Crippen molar-refractivity contribution in [1.29, 1.82) is 0 Å². The second-order valence-electron chi connectivity index (χ2n) is 3.19. The number of halogens is 3. The molecule has 0 radical (unpaired) electrons. The van der Waals surface area contributed by atoms with Crippen molar-refractivity contribution in [2.75, 3.05) is 13.7 Å². The highest BCUT2D eigenvalue weighted by molar-refractivity contribution is 5.35. The monoisotopic (exact) mass is 220 g/mol. The van der Waals surface area contributed by atoms with Gasteiger partial charge in [-0.05, 0) is 0 Å². The van der Waals surface area contributed by atoms with Crippen molar-refractivity contribution in [3.8, 4) is 5.75 Å². The Bertz CT molecular complexity index is 366. The van der Waals surface area contributed by atoms with Crippen LogP contribution >= 0.6 is 0 Å². The zero-order valence-electron chi connectivity index (χ0n) is 8.35. The average molecular weight is 220 g/mol. The van der Waals surface area contributed by atoms with Crippen molar-refractivity contribution in [3.05, 3.63) is 29.1 Å². The van der Waals surface area contributed by atoms with E-state index in [0.717, 1.165) is 7.11 Å². The lowest BCUT2D eigenvalue weighted by Gasteiger charge is -2.13. The van der Waals surface area contributed by atoms with Gasteiger partial charge in [-0.3, -0.25) is 0 Å². The minimum atomic E-state index is -1.28. The molecule has 1 unspecified atom stereocenters. The zero-order valence-corrected chi connectivity index (χ0v) is 8.35. The standard InChI is InChI=1S/C10H11F3O2/c1-5(4-14)8-9(12)6(11)3-7(15-2)10(8)13/h3,5,14H,4H2,1-2H3. The van der Waals surface area contributed by atoms with E-state index in [1.165, 1.54) is 6.92 Å². The fraction of sp³-hybridized carbons (Fsp3) is 0.400. The van der Waals surface area contributed by atoms with Gasteiger partial charge in [-0.2, -0.15) is 0 Å². The van der Waals surface area contributed by atoms with E-state index < -0.39 is 35.5 Å². The maximum atomic E-state index is 13.5. The smallest absolute Gasteiger partial charge is 0.171 e. The van der Waals surface area contributed by atoms with Crippen molar-refractivity contribution in [2.24, 2.45) is 0 Å². The molecule has 5 heteroatoms. The second kappa shape index (κ2) is 4.53. The topological polar surface area (TPSA) is 29.5 Å². The molecule has 0 aromatic heterocycles. The number of hydrogen-bond acceptors (Lipinski definition) is 2. The summed E-state index contributed by atoms with van der Waals surface area (Å²) in [5.41, 5.74) is -0.491. The maximum Gasteiger partial charge on any atom is 0.171 e. The Morgan fingerprint density at radius 1 is 1.33 bits per heavy atom. The van der Waals surface area contributed by atoms with E-state index in [0.29, 0.717) is 6.07 Å². The van der Waals surface area contributed by atoms with Crippen molar-refractivity contribution >= 4 is 0 Å². The molecule has 15 heavy (non-hydrogen) atoms. The van der Waals surface area contributed by atoms with Gasteiger partial charge in [0.2, 0.25) is 0 Å². The van der Waals surface area contributed by atoms with Crippen LogP contribution in [0, 0.1) is 17.5 Å². The van der Waals surface area contributed by atoms with Crippen LogP contribution in [0.3, 0.4) is 0 Å². The van der Waals surface area contributed by atoms with Crippen molar-refractivity contribution in [1.82, 2.24) is 0 Å². The predicted octanol–water partition coefficient (Wildman–Crippen LogP) is 2.21. The molecule has 0 fully saturated rings. The number of rotatable bonds is 3. The Kier molecular flexibility index (Phi) is 3.57. The number of ether oxygens (including phenoxy) is 1. The molecule has 0 spiro atoms. The van der Waals surface area contributed by atoms with Crippen LogP contribution in [0.15, 0.2) is 6.07 Å². The van der Waals surface area contributed by atoms with Gasteiger partial charge in [0.15, 0.2) is 23.2 Å². The van der Waals surface area contributed by atoms with Gasteiger partial charge in [-0.25, -0.2) is 13.2 Å². The summed E-state index contributed by atoms with van der Waals surface area (Å²) in [5.74, 6) is -4.64. The molecule has 1 atom stereocenters. The molecule has 2 nitrogen and oxygen atoms in total. The summed E-state index contributed by atoms with van der Waals surface area (Å²) < 4.78 is 44.3. The highest BCUT2D eigenvalue weighted by Gasteiger charge is 2.23. The third-order valence-corrected chi connectivity index (χ3v) is 2.14. The first-order valence-electron chi connectivity index (χ1n) is 4.35. The molecule has 0 bridgehead atoms. The summed E-state index contributed by atoms with van der Waals surface area (Å²) in [6, 6.07) is 0.637. The highest BCUT2D eigenvalue weighted by atomic mass is 19.2. The van der Waals surface area contributed by atoms with Crippen LogP contribution in [0.1, 0.15) is 18.4 Å². The van der Waals surface area contributed by atoms with E-state index in [4.69, 9.17) is 5.11 Å². The predicted molar refractivity (Wildman–Crippen MR) is 48.4 cm³/mol. The molecule has 0 saturated heterocycles. The highest BCUT2D eigenvalue weighted by Crippen LogP contribution is 2.30. The van der Waals surface area contributed by atoms with Gasteiger partial charge in [0, 0.05) is 24.2 Å². The van der Waals surface area contributed by atoms with Crippen LogP contribution < -0.4 is 4.74 Å². The molecule has 0 aliphatic rings. The lowest BCUT2D eigenvalue weighted by molar-refractivity contribution is 0.264. The molecule has 0 amide bonds. The third-order valence-electron chi connectivity index (χ3n) is 2.14. The number of hydrogen-bond donors (Lipinski definition) is 1. The van der Waals surface area contributed by atoms with Crippen LogP contribution in [0.5, 0.6) is 5.75 Å². The molecule has 0 aliphatic heterocycles. The summed E-state index contributed by atoms with van der Waals surface area (Å²) in [6.45, 7) is 0.917. The van der Waals surface area contributed by atoms with Gasteiger partial charge in [-0.1, -0.05) is 6.92 Å². The van der Waals surface area contributed by atoms with Crippen LogP contribution in [0.2, 0.25) is 0 Å². The van der Waals surface area contributed by atoms with Crippen LogP contribution in [0.4, 0.5) is 13.2 Å². The molecule has 0 saturated carbocycles. The zero-order chi connectivity index (χ0) is 11.6. The van der Waals surface area contributed by atoms with E-state index in [2.05, 4.69) is 4.74 Å². The Balaban J connectivity index is 3.40. The first kappa shape index (κ1) is 11.8. The summed E-state index contributed by atoms with van der Waals surface area (Å²) >= 11 is 0. The van der Waals surface area contributed by atoms with E-state index in [9.17, 15) is 13.2 Å². The molecule has 1 aromatic rings. The van der Waals surface area contributed by atoms with Crippen LogP contribution in [-0.2, 0) is 0 Å². The second-order valence-corrected chi connectivity index (χ2v) is 3.19. The normalized spacial score (nSPS) is 12.7. The van der Waals surface area contributed by atoms with Crippen LogP contribution in [-0.4, -0.2) is 18.8 Å². The summed E-state index contributed by atoms with van der Waals surface area (Å²) in [4.78, 5) is 0. The third kappa shape index (κ3) is 2.07. The summed E-state index contributed by atoms with van der Waals surface area (Å²) in [7, 11) is 1.16. The molecule has 1 rings (SSSR count). The minimum absolute atomic E-state index is 0.371. The largest absolute Gasteiger partial charge is 0.494 e. The molecule has 0 heterocycles. The fourth-order valence-corrected chi connectivity index (χ4v) is 1.27. The summed E-state index contributed by atoms with van der Waals surface area (Å²) in [5, 5.41) is 8.79. The summed E-state index contributed by atoms with van der Waals surface area (Å²) in [6.07, 6.45) is 0. The molecule has 0 aliphatic carbocycles. The molecule has 1 N–H and O–H groups in total. The molecular formula is C10H11F3O2. The Hall–Kier alpha value is -1.23. The first-order valence-corrected chi connectivity index (χ1v) is 4.35. The number of aliphatic hydroxyl groups is 1. The lowest BCUT2D eigenvalue weighted by atomic mass is 10.00. The molecule has 84 valence electrons. The van der Waals surface area contributed by atoms with Gasteiger partial charge in [-0.15, -0.1) is 0 Å². The number of methoxy groups -OCH3 is 1. The lowest BCUT2D eigenvalue weighted by Crippen LogP contribution is -2.08. The van der Waals surface area contributed by atoms with E-state index in [-0.39, 0.29) is 5.75 Å². The van der Waals surface area contributed by atoms with E-state index in [1.807, 2.05) is 0 Å². The van der Waals surface area contributed by atoms with Crippen molar-refractivity contribution < 1.29 is 23.0 Å². The van der Waals surface area contributed by atoms with Gasteiger partial charge in [0.05, 0.1) is 7.11 Å². The van der Waals surface area contributed by atoms with Crippen molar-refractivity contribution in [2.45, 2.75) is 12.8 Å². The minimum Gasteiger partial charge on any atom is -0.494 e. The SMILES string of the molecule is COc1cc(F)c(F)c(C(C)CO)c1F. The van der Waals surface area contributed by atoms with Gasteiger partial charge in [0.25, 0.3) is 0 Å². The van der Waals surface area contributed by atoms with E-state index >= 15 is 0 Å². The van der Waals surface area contributed by atoms with Crippen LogP contribution in [0.25, 0.3) is 0 Å². The van der Waals surface area contributed by atoms with Gasteiger partial charge < -0.3 is 9.84 Å². The van der Waals surface area contributed by atoms with Gasteiger partial charge in [0.1, 0.15) is 0 Å².